The third-order valence-corrected chi connectivity index (χ3v) is 2.53. The van der Waals surface area contributed by atoms with Crippen LogP contribution in [0.3, 0.4) is 0 Å². The van der Waals surface area contributed by atoms with Crippen molar-refractivity contribution in [2.24, 2.45) is 0 Å². The second-order valence-electron chi connectivity index (χ2n) is 2.91. The van der Waals surface area contributed by atoms with E-state index in [-0.39, 0.29) is 0 Å². The standard InChI is InChI=1S/C8H7BrN4O2/c9-5-3-4(10)1-2-6(5)13-7(14)11-12-8(13)15/h1-3H,10H2,(H,11,14)(H,12,15). The maximum absolute atomic E-state index is 11.3. The largest absolute Gasteiger partial charge is 0.399 e. The summed E-state index contributed by atoms with van der Waals surface area (Å²) in [5, 5.41) is 4.39. The van der Waals surface area contributed by atoms with Crippen molar-refractivity contribution >= 4 is 21.6 Å². The first kappa shape index (κ1) is 9.78. The van der Waals surface area contributed by atoms with Crippen LogP contribution in [0.25, 0.3) is 5.69 Å². The Hall–Kier alpha value is -1.76. The quantitative estimate of drug-likeness (QED) is 0.646. The maximum Gasteiger partial charge on any atom is 0.349 e. The molecule has 0 aliphatic carbocycles. The van der Waals surface area contributed by atoms with E-state index in [9.17, 15) is 9.59 Å². The smallest absolute Gasteiger partial charge is 0.349 e. The molecule has 0 aliphatic heterocycles. The fourth-order valence-corrected chi connectivity index (χ4v) is 1.81. The lowest BCUT2D eigenvalue weighted by Crippen LogP contribution is -2.24. The first-order chi connectivity index (χ1) is 7.09. The highest BCUT2D eigenvalue weighted by Gasteiger charge is 2.09. The molecule has 2 rings (SSSR count). The zero-order chi connectivity index (χ0) is 11.0. The molecule has 0 amide bonds. The molecule has 0 saturated heterocycles. The lowest BCUT2D eigenvalue weighted by Gasteiger charge is -2.03. The predicted molar refractivity (Wildman–Crippen MR) is 59.1 cm³/mol. The third kappa shape index (κ3) is 1.61. The highest BCUT2D eigenvalue weighted by Crippen LogP contribution is 2.21. The molecule has 0 unspecified atom stereocenters. The molecule has 0 aliphatic rings. The van der Waals surface area contributed by atoms with E-state index in [0.717, 1.165) is 4.57 Å². The van der Waals surface area contributed by atoms with Crippen LogP contribution in [0, 0.1) is 0 Å². The Morgan fingerprint density at radius 3 is 2.33 bits per heavy atom. The van der Waals surface area contributed by atoms with E-state index in [4.69, 9.17) is 5.73 Å². The van der Waals surface area contributed by atoms with Gasteiger partial charge in [-0.15, -0.1) is 0 Å². The number of aromatic amines is 2. The van der Waals surface area contributed by atoms with Crippen LogP contribution in [0.1, 0.15) is 0 Å². The Morgan fingerprint density at radius 1 is 1.20 bits per heavy atom. The van der Waals surface area contributed by atoms with Gasteiger partial charge in [0.2, 0.25) is 0 Å². The first-order valence-corrected chi connectivity index (χ1v) is 4.84. The van der Waals surface area contributed by atoms with Gasteiger partial charge in [0.05, 0.1) is 5.69 Å². The van der Waals surface area contributed by atoms with Gasteiger partial charge in [-0.1, -0.05) is 0 Å². The number of nitrogens with two attached hydrogens (primary N) is 1. The van der Waals surface area contributed by atoms with Crippen molar-refractivity contribution in [2.45, 2.75) is 0 Å². The van der Waals surface area contributed by atoms with Crippen molar-refractivity contribution in [1.29, 1.82) is 0 Å². The zero-order valence-corrected chi connectivity index (χ0v) is 9.04. The molecule has 4 N–H and O–H groups in total. The molecule has 78 valence electrons. The van der Waals surface area contributed by atoms with Crippen molar-refractivity contribution in [3.63, 3.8) is 0 Å². The monoisotopic (exact) mass is 270 g/mol. The van der Waals surface area contributed by atoms with Gasteiger partial charge in [-0.05, 0) is 34.1 Å². The summed E-state index contributed by atoms with van der Waals surface area (Å²) >= 11 is 3.23. The molecule has 0 atom stereocenters. The van der Waals surface area contributed by atoms with Gasteiger partial charge in [0.1, 0.15) is 0 Å². The van der Waals surface area contributed by atoms with Crippen LogP contribution in [-0.2, 0) is 0 Å². The molecule has 0 bridgehead atoms. The van der Waals surface area contributed by atoms with E-state index in [0.29, 0.717) is 15.8 Å². The van der Waals surface area contributed by atoms with E-state index in [1.807, 2.05) is 0 Å². The summed E-state index contributed by atoms with van der Waals surface area (Å²) in [6.45, 7) is 0. The minimum atomic E-state index is -0.523. The highest BCUT2D eigenvalue weighted by atomic mass is 79.9. The molecule has 0 fully saturated rings. The molecule has 7 heteroatoms. The molecule has 0 radical (unpaired) electrons. The second kappa shape index (κ2) is 3.43. The summed E-state index contributed by atoms with van der Waals surface area (Å²) in [4.78, 5) is 22.6. The third-order valence-electron chi connectivity index (χ3n) is 1.90. The topological polar surface area (TPSA) is 96.7 Å². The Balaban J connectivity index is 2.75. The average Bonchev–Trinajstić information content (AvgIpc) is 2.48. The number of halogens is 1. The number of nitrogen functional groups attached to an aromatic ring is 1. The highest BCUT2D eigenvalue weighted by molar-refractivity contribution is 9.10. The van der Waals surface area contributed by atoms with Crippen LogP contribution in [0.15, 0.2) is 32.3 Å². The van der Waals surface area contributed by atoms with Crippen LogP contribution < -0.4 is 17.1 Å². The summed E-state index contributed by atoms with van der Waals surface area (Å²) in [6.07, 6.45) is 0. The summed E-state index contributed by atoms with van der Waals surface area (Å²) in [7, 11) is 0. The van der Waals surface area contributed by atoms with Gasteiger partial charge in [-0.3, -0.25) is 0 Å². The van der Waals surface area contributed by atoms with Crippen LogP contribution in [-0.4, -0.2) is 14.8 Å². The summed E-state index contributed by atoms with van der Waals surface area (Å²) in [6, 6.07) is 4.82. The first-order valence-electron chi connectivity index (χ1n) is 4.04. The normalized spacial score (nSPS) is 10.5. The zero-order valence-electron chi connectivity index (χ0n) is 7.45. The number of anilines is 1. The van der Waals surface area contributed by atoms with E-state index >= 15 is 0 Å². The van der Waals surface area contributed by atoms with E-state index < -0.39 is 11.4 Å². The number of nitrogens with one attached hydrogen (secondary N) is 2. The number of rotatable bonds is 1. The minimum absolute atomic E-state index is 0.441. The summed E-state index contributed by atoms with van der Waals surface area (Å²) in [5.74, 6) is 0. The van der Waals surface area contributed by atoms with Gasteiger partial charge in [0.15, 0.2) is 0 Å². The number of hydrogen-bond donors (Lipinski definition) is 3. The van der Waals surface area contributed by atoms with E-state index in [2.05, 4.69) is 26.1 Å². The van der Waals surface area contributed by atoms with Crippen molar-refractivity contribution in [3.8, 4) is 5.69 Å². The van der Waals surface area contributed by atoms with Gasteiger partial charge < -0.3 is 5.73 Å². The number of hydrogen-bond acceptors (Lipinski definition) is 3. The SMILES string of the molecule is Nc1ccc(-n2c(=O)[nH][nH]c2=O)c(Br)c1. The molecular weight excluding hydrogens is 264 g/mol. The minimum Gasteiger partial charge on any atom is -0.399 e. The van der Waals surface area contributed by atoms with Gasteiger partial charge in [-0.2, -0.15) is 0 Å². The Morgan fingerprint density at radius 2 is 1.80 bits per heavy atom. The fraction of sp³-hybridized carbons (Fsp3) is 0. The molecule has 0 saturated carbocycles. The number of benzene rings is 1. The maximum atomic E-state index is 11.3. The van der Waals surface area contributed by atoms with Crippen LogP contribution >= 0.6 is 15.9 Å². The van der Waals surface area contributed by atoms with Crippen LogP contribution in [0.2, 0.25) is 0 Å². The second-order valence-corrected chi connectivity index (χ2v) is 3.76. The molecule has 1 aromatic heterocycles. The number of aromatic nitrogens is 3. The van der Waals surface area contributed by atoms with Crippen LogP contribution in [0.4, 0.5) is 5.69 Å². The van der Waals surface area contributed by atoms with Crippen molar-refractivity contribution in [1.82, 2.24) is 14.8 Å². The predicted octanol–water partition coefficient (Wildman–Crippen LogP) is 0.199. The lowest BCUT2D eigenvalue weighted by molar-refractivity contribution is 0.947. The average molecular weight is 271 g/mol. The number of nitrogens with zero attached hydrogens (tertiary/aromatic N) is 1. The molecule has 1 heterocycles. The Kier molecular flexibility index (Phi) is 2.24. The van der Waals surface area contributed by atoms with Crippen LogP contribution in [0.5, 0.6) is 0 Å². The van der Waals surface area contributed by atoms with Gasteiger partial charge >= 0.3 is 11.4 Å². The molecule has 1 aromatic carbocycles. The van der Waals surface area contributed by atoms with Crippen molar-refractivity contribution in [3.05, 3.63) is 43.6 Å². The molecule has 15 heavy (non-hydrogen) atoms. The number of H-pyrrole nitrogens is 2. The van der Waals surface area contributed by atoms with E-state index in [1.165, 1.54) is 0 Å². The summed E-state index contributed by atoms with van der Waals surface area (Å²) in [5.41, 5.74) is 5.49. The van der Waals surface area contributed by atoms with Gasteiger partial charge in [0, 0.05) is 10.2 Å². The van der Waals surface area contributed by atoms with Crippen molar-refractivity contribution in [2.75, 3.05) is 5.73 Å². The molecule has 0 spiro atoms. The molecular formula is C8H7BrN4O2. The van der Waals surface area contributed by atoms with Gasteiger partial charge in [0.25, 0.3) is 0 Å². The fourth-order valence-electron chi connectivity index (χ4n) is 1.23. The van der Waals surface area contributed by atoms with Gasteiger partial charge in [-0.25, -0.2) is 24.4 Å². The molecule has 2 aromatic rings. The Labute approximate surface area is 91.8 Å². The molecule has 6 nitrogen and oxygen atoms in total. The Bertz CT molecular complexity index is 582. The van der Waals surface area contributed by atoms with Crippen molar-refractivity contribution < 1.29 is 0 Å². The van der Waals surface area contributed by atoms with E-state index in [1.54, 1.807) is 18.2 Å². The summed E-state index contributed by atoms with van der Waals surface area (Å²) < 4.78 is 1.55. The lowest BCUT2D eigenvalue weighted by atomic mass is 10.3.